The third kappa shape index (κ3) is 2.84. The van der Waals surface area contributed by atoms with Crippen LogP contribution in [0.15, 0.2) is 59.0 Å². The fourth-order valence-electron chi connectivity index (χ4n) is 4.02. The van der Waals surface area contributed by atoms with E-state index in [1.54, 1.807) is 7.11 Å². The molecule has 0 unspecified atom stereocenters. The average molecular weight is 386 g/mol. The molecule has 0 saturated heterocycles. The molecule has 2 aromatic heterocycles. The number of fused-ring (bicyclic) bond motifs is 1. The van der Waals surface area contributed by atoms with Crippen LogP contribution in [0.5, 0.6) is 5.88 Å². The number of rotatable bonds is 4. The Labute approximate surface area is 168 Å². The van der Waals surface area contributed by atoms with Crippen LogP contribution in [-0.2, 0) is 5.54 Å². The minimum absolute atomic E-state index is 0.111. The van der Waals surface area contributed by atoms with Gasteiger partial charge in [0, 0.05) is 16.7 Å². The zero-order valence-corrected chi connectivity index (χ0v) is 16.2. The molecule has 0 aliphatic heterocycles. The van der Waals surface area contributed by atoms with Gasteiger partial charge < -0.3 is 20.6 Å². The van der Waals surface area contributed by atoms with Gasteiger partial charge in [0.15, 0.2) is 0 Å². The molecule has 2 heterocycles. The molecule has 29 heavy (non-hydrogen) atoms. The molecule has 0 bridgehead atoms. The highest BCUT2D eigenvalue weighted by atomic mass is 16.5. The summed E-state index contributed by atoms with van der Waals surface area (Å²) in [7, 11) is 1.57. The Morgan fingerprint density at radius 2 is 1.69 bits per heavy atom. The van der Waals surface area contributed by atoms with E-state index in [4.69, 9.17) is 20.6 Å². The molecule has 1 fully saturated rings. The lowest BCUT2D eigenvalue weighted by Gasteiger charge is -2.38. The maximum absolute atomic E-state index is 6.48. The molecular weight excluding hydrogens is 364 g/mol. The third-order valence-corrected chi connectivity index (χ3v) is 5.76. The number of nitrogens with zero attached hydrogens (tertiary/aromatic N) is 2. The molecule has 0 amide bonds. The van der Waals surface area contributed by atoms with Crippen LogP contribution in [0.25, 0.3) is 33.6 Å². The van der Waals surface area contributed by atoms with Crippen molar-refractivity contribution in [1.29, 1.82) is 0 Å². The van der Waals surface area contributed by atoms with Gasteiger partial charge in [-0.15, -0.1) is 0 Å². The van der Waals surface area contributed by atoms with Crippen LogP contribution in [0.4, 0.5) is 5.95 Å². The number of nitrogen functional groups attached to an aromatic ring is 1. The van der Waals surface area contributed by atoms with Crippen LogP contribution in [0.3, 0.4) is 0 Å². The summed E-state index contributed by atoms with van der Waals surface area (Å²) in [6.07, 6.45) is 3.23. The van der Waals surface area contributed by atoms with Crippen molar-refractivity contribution in [3.8, 4) is 28.3 Å². The van der Waals surface area contributed by atoms with E-state index in [-0.39, 0.29) is 11.5 Å². The minimum atomic E-state index is -0.197. The Balaban J connectivity index is 1.73. The number of hydrogen-bond acceptors (Lipinski definition) is 6. The van der Waals surface area contributed by atoms with Gasteiger partial charge in [0.2, 0.25) is 17.5 Å². The molecule has 2 aromatic carbocycles. The van der Waals surface area contributed by atoms with Gasteiger partial charge in [0.25, 0.3) is 0 Å². The largest absolute Gasteiger partial charge is 0.480 e. The number of anilines is 1. The minimum Gasteiger partial charge on any atom is -0.480 e. The average Bonchev–Trinajstić information content (AvgIpc) is 3.11. The first-order chi connectivity index (χ1) is 14.1. The number of hydrogen-bond donors (Lipinski definition) is 2. The molecule has 146 valence electrons. The predicted molar refractivity (Wildman–Crippen MR) is 113 cm³/mol. The summed E-state index contributed by atoms with van der Waals surface area (Å²) in [5.74, 6) is 1.21. The molecule has 0 spiro atoms. The van der Waals surface area contributed by atoms with E-state index in [2.05, 4.69) is 34.2 Å². The van der Waals surface area contributed by atoms with Gasteiger partial charge in [-0.1, -0.05) is 54.6 Å². The quantitative estimate of drug-likeness (QED) is 0.536. The lowest BCUT2D eigenvalue weighted by atomic mass is 9.72. The SMILES string of the molecule is COc1nc(N)nc2oc(-c3ccc(C4(N)CCC4)cc3)c(-c3ccccc3)c12. The van der Waals surface area contributed by atoms with Crippen molar-refractivity contribution < 1.29 is 9.15 Å². The first-order valence-electron chi connectivity index (χ1n) is 9.68. The van der Waals surface area contributed by atoms with Gasteiger partial charge in [-0.05, 0) is 30.4 Å². The molecule has 5 rings (SSSR count). The van der Waals surface area contributed by atoms with Gasteiger partial charge in [-0.3, -0.25) is 0 Å². The number of aromatic nitrogens is 2. The maximum atomic E-state index is 6.48. The van der Waals surface area contributed by atoms with Crippen molar-refractivity contribution in [1.82, 2.24) is 9.97 Å². The lowest BCUT2D eigenvalue weighted by molar-refractivity contribution is 0.253. The molecule has 4 N–H and O–H groups in total. The number of methoxy groups -OCH3 is 1. The van der Waals surface area contributed by atoms with Gasteiger partial charge in [-0.25, -0.2) is 0 Å². The number of nitrogens with two attached hydrogens (primary N) is 2. The topological polar surface area (TPSA) is 100 Å². The number of furan rings is 1. The van der Waals surface area contributed by atoms with E-state index in [1.165, 1.54) is 6.42 Å². The zero-order valence-electron chi connectivity index (χ0n) is 16.2. The highest BCUT2D eigenvalue weighted by Crippen LogP contribution is 2.44. The number of benzene rings is 2. The summed E-state index contributed by atoms with van der Waals surface area (Å²) < 4.78 is 11.7. The fourth-order valence-corrected chi connectivity index (χ4v) is 4.02. The van der Waals surface area contributed by atoms with E-state index >= 15 is 0 Å². The second-order valence-corrected chi connectivity index (χ2v) is 7.53. The van der Waals surface area contributed by atoms with Crippen molar-refractivity contribution in [2.24, 2.45) is 5.73 Å². The van der Waals surface area contributed by atoms with Crippen molar-refractivity contribution in [2.75, 3.05) is 12.8 Å². The molecule has 1 saturated carbocycles. The fraction of sp³-hybridized carbons (Fsp3) is 0.217. The van der Waals surface area contributed by atoms with Gasteiger partial charge >= 0.3 is 0 Å². The normalized spacial score (nSPS) is 15.2. The summed E-state index contributed by atoms with van der Waals surface area (Å²) in [5, 5.41) is 0.710. The monoisotopic (exact) mass is 386 g/mol. The summed E-state index contributed by atoms with van der Waals surface area (Å²) in [5.41, 5.74) is 16.5. The highest BCUT2D eigenvalue weighted by Gasteiger charge is 2.34. The van der Waals surface area contributed by atoms with Crippen LogP contribution in [0.2, 0.25) is 0 Å². The number of ether oxygens (including phenoxy) is 1. The van der Waals surface area contributed by atoms with E-state index in [9.17, 15) is 0 Å². The molecule has 1 aliphatic rings. The van der Waals surface area contributed by atoms with Crippen LogP contribution in [0, 0.1) is 0 Å². The molecule has 4 aromatic rings. The summed E-state index contributed by atoms with van der Waals surface area (Å²) in [6.45, 7) is 0. The van der Waals surface area contributed by atoms with Crippen molar-refractivity contribution in [3.05, 3.63) is 60.2 Å². The third-order valence-electron chi connectivity index (χ3n) is 5.76. The Hall–Kier alpha value is -3.38. The summed E-state index contributed by atoms with van der Waals surface area (Å²) in [4.78, 5) is 8.54. The standard InChI is InChI=1S/C23H22N4O2/c1-28-20-18-17(14-6-3-2-4-7-14)19(29-21(18)27-22(24)26-20)15-8-10-16(11-9-15)23(25)12-5-13-23/h2-4,6-11H,5,12-13,25H2,1H3,(H2,24,26,27). The molecule has 6 nitrogen and oxygen atoms in total. The van der Waals surface area contributed by atoms with Crippen LogP contribution < -0.4 is 16.2 Å². The molecule has 0 radical (unpaired) electrons. The van der Waals surface area contributed by atoms with E-state index < -0.39 is 0 Å². The van der Waals surface area contributed by atoms with Crippen LogP contribution >= 0.6 is 0 Å². The lowest BCUT2D eigenvalue weighted by Crippen LogP contribution is -2.43. The zero-order chi connectivity index (χ0) is 20.0. The van der Waals surface area contributed by atoms with Gasteiger partial charge in [-0.2, -0.15) is 9.97 Å². The van der Waals surface area contributed by atoms with E-state index in [0.29, 0.717) is 22.7 Å². The second kappa shape index (κ2) is 6.60. The first kappa shape index (κ1) is 17.7. The highest BCUT2D eigenvalue weighted by molar-refractivity contribution is 6.03. The van der Waals surface area contributed by atoms with Crippen LogP contribution in [0.1, 0.15) is 24.8 Å². The molecule has 1 aliphatic carbocycles. The summed E-state index contributed by atoms with van der Waals surface area (Å²) in [6, 6.07) is 18.3. The molecule has 0 atom stereocenters. The van der Waals surface area contributed by atoms with Crippen LogP contribution in [-0.4, -0.2) is 17.1 Å². The Bertz CT molecular complexity index is 1180. The second-order valence-electron chi connectivity index (χ2n) is 7.53. The Morgan fingerprint density at radius 3 is 2.31 bits per heavy atom. The maximum Gasteiger partial charge on any atom is 0.236 e. The van der Waals surface area contributed by atoms with Gasteiger partial charge in [0.05, 0.1) is 7.11 Å². The smallest absolute Gasteiger partial charge is 0.236 e. The molecule has 6 heteroatoms. The van der Waals surface area contributed by atoms with Crippen molar-refractivity contribution in [2.45, 2.75) is 24.8 Å². The molecular formula is C23H22N4O2. The Kier molecular flexibility index (Phi) is 4.03. The van der Waals surface area contributed by atoms with Gasteiger partial charge in [0.1, 0.15) is 11.1 Å². The Morgan fingerprint density at radius 1 is 0.966 bits per heavy atom. The summed E-state index contributed by atoms with van der Waals surface area (Å²) >= 11 is 0. The van der Waals surface area contributed by atoms with Crippen molar-refractivity contribution >= 4 is 17.0 Å². The predicted octanol–water partition coefficient (Wildman–Crippen LogP) is 4.49. The first-order valence-corrected chi connectivity index (χ1v) is 9.68. The van der Waals surface area contributed by atoms with E-state index in [1.807, 2.05) is 30.3 Å². The van der Waals surface area contributed by atoms with E-state index in [0.717, 1.165) is 35.1 Å². The van der Waals surface area contributed by atoms with Crippen molar-refractivity contribution in [3.63, 3.8) is 0 Å².